The lowest BCUT2D eigenvalue weighted by Gasteiger charge is -2.14. The van der Waals surface area contributed by atoms with Crippen LogP contribution in [0.15, 0.2) is 58.5 Å². The standard InChI is InChI=1S/C23H27N3O4S/c1-16(2)30-14-8-13-26-22(28)17-9-4-5-10-18(17)25-23(26)31-15-21(27)24-19-11-6-7-12-20(19)29-3/h4-7,9-12,16H,8,13-15H2,1-3H3,(H,24,27). The third kappa shape index (κ3) is 6.08. The van der Waals surface area contributed by atoms with E-state index in [0.29, 0.717) is 47.1 Å². The van der Waals surface area contributed by atoms with Crippen LogP contribution >= 0.6 is 11.8 Å². The predicted octanol–water partition coefficient (Wildman–Crippen LogP) is 3.95. The van der Waals surface area contributed by atoms with Gasteiger partial charge < -0.3 is 14.8 Å². The second-order valence-electron chi connectivity index (χ2n) is 7.18. The Hall–Kier alpha value is -2.84. The van der Waals surface area contributed by atoms with E-state index in [4.69, 9.17) is 9.47 Å². The first-order valence-corrected chi connectivity index (χ1v) is 11.1. The number of carbonyl (C=O) groups excluding carboxylic acids is 1. The number of para-hydroxylation sites is 3. The number of hydrogen-bond donors (Lipinski definition) is 1. The summed E-state index contributed by atoms with van der Waals surface area (Å²) in [7, 11) is 1.56. The molecule has 0 bridgehead atoms. The number of aromatic nitrogens is 2. The normalized spacial score (nSPS) is 11.1. The zero-order valence-electron chi connectivity index (χ0n) is 18.0. The number of thioether (sulfide) groups is 1. The zero-order valence-corrected chi connectivity index (χ0v) is 18.8. The Bertz CT molecular complexity index is 1100. The molecular weight excluding hydrogens is 414 g/mol. The van der Waals surface area contributed by atoms with Gasteiger partial charge in [0.05, 0.1) is 35.6 Å². The molecule has 2 aromatic carbocycles. The molecule has 3 aromatic rings. The van der Waals surface area contributed by atoms with Crippen LogP contribution < -0.4 is 15.6 Å². The summed E-state index contributed by atoms with van der Waals surface area (Å²) in [5, 5.41) is 3.93. The molecule has 7 nitrogen and oxygen atoms in total. The van der Waals surface area contributed by atoms with Gasteiger partial charge in [0.15, 0.2) is 5.16 Å². The zero-order chi connectivity index (χ0) is 22.2. The molecule has 0 atom stereocenters. The summed E-state index contributed by atoms with van der Waals surface area (Å²) in [6.45, 7) is 4.98. The summed E-state index contributed by atoms with van der Waals surface area (Å²) in [5.41, 5.74) is 1.11. The second kappa shape index (κ2) is 11.0. The molecule has 8 heteroatoms. The average Bonchev–Trinajstić information content (AvgIpc) is 2.77. The lowest BCUT2D eigenvalue weighted by atomic mass is 10.2. The van der Waals surface area contributed by atoms with Crippen molar-refractivity contribution in [2.75, 3.05) is 24.8 Å². The van der Waals surface area contributed by atoms with Gasteiger partial charge in [0.2, 0.25) is 5.91 Å². The van der Waals surface area contributed by atoms with Crippen LogP contribution in [0.1, 0.15) is 20.3 Å². The lowest BCUT2D eigenvalue weighted by Crippen LogP contribution is -2.25. The Morgan fingerprint density at radius 3 is 2.68 bits per heavy atom. The minimum Gasteiger partial charge on any atom is -0.495 e. The number of hydrogen-bond acceptors (Lipinski definition) is 6. The van der Waals surface area contributed by atoms with Crippen LogP contribution in [0.2, 0.25) is 0 Å². The van der Waals surface area contributed by atoms with Crippen molar-refractivity contribution in [3.05, 3.63) is 58.9 Å². The first kappa shape index (κ1) is 22.8. The summed E-state index contributed by atoms with van der Waals surface area (Å²) < 4.78 is 12.5. The summed E-state index contributed by atoms with van der Waals surface area (Å²) >= 11 is 1.24. The van der Waals surface area contributed by atoms with Crippen LogP contribution in [0.4, 0.5) is 5.69 Å². The molecule has 0 spiro atoms. The average molecular weight is 442 g/mol. The molecule has 1 aromatic heterocycles. The highest BCUT2D eigenvalue weighted by molar-refractivity contribution is 7.99. The molecular formula is C23H27N3O4S. The number of fused-ring (bicyclic) bond motifs is 1. The van der Waals surface area contributed by atoms with E-state index in [9.17, 15) is 9.59 Å². The van der Waals surface area contributed by atoms with E-state index in [1.807, 2.05) is 44.2 Å². The van der Waals surface area contributed by atoms with E-state index >= 15 is 0 Å². The molecule has 0 unspecified atom stereocenters. The van der Waals surface area contributed by atoms with E-state index in [1.54, 1.807) is 29.9 Å². The lowest BCUT2D eigenvalue weighted by molar-refractivity contribution is -0.113. The highest BCUT2D eigenvalue weighted by Gasteiger charge is 2.14. The molecule has 0 aliphatic carbocycles. The molecule has 31 heavy (non-hydrogen) atoms. The van der Waals surface area contributed by atoms with Crippen molar-refractivity contribution in [2.45, 2.75) is 38.1 Å². The molecule has 0 fully saturated rings. The largest absolute Gasteiger partial charge is 0.495 e. The first-order chi connectivity index (χ1) is 15.0. The van der Waals surface area contributed by atoms with Crippen molar-refractivity contribution in [3.63, 3.8) is 0 Å². The van der Waals surface area contributed by atoms with Gasteiger partial charge in [-0.1, -0.05) is 36.0 Å². The van der Waals surface area contributed by atoms with Gasteiger partial charge in [-0.3, -0.25) is 14.2 Å². The fourth-order valence-electron chi connectivity index (χ4n) is 3.06. The monoisotopic (exact) mass is 441 g/mol. The number of amides is 1. The van der Waals surface area contributed by atoms with E-state index in [0.717, 1.165) is 0 Å². The smallest absolute Gasteiger partial charge is 0.262 e. The molecule has 0 radical (unpaired) electrons. The number of methoxy groups -OCH3 is 1. The van der Waals surface area contributed by atoms with E-state index in [2.05, 4.69) is 10.3 Å². The highest BCUT2D eigenvalue weighted by atomic mass is 32.2. The topological polar surface area (TPSA) is 82.5 Å². The summed E-state index contributed by atoms with van der Waals surface area (Å²) in [6, 6.07) is 14.5. The van der Waals surface area contributed by atoms with Gasteiger partial charge in [-0.15, -0.1) is 0 Å². The highest BCUT2D eigenvalue weighted by Crippen LogP contribution is 2.24. The minimum absolute atomic E-state index is 0.109. The number of anilines is 1. The van der Waals surface area contributed by atoms with Crippen molar-refractivity contribution in [2.24, 2.45) is 0 Å². The molecule has 0 aliphatic rings. The molecule has 1 amide bonds. The molecule has 3 rings (SSSR count). The van der Waals surface area contributed by atoms with Gasteiger partial charge in [0.25, 0.3) is 5.56 Å². The van der Waals surface area contributed by atoms with Crippen LogP contribution in [-0.2, 0) is 16.1 Å². The maximum absolute atomic E-state index is 13.0. The molecule has 1 heterocycles. The summed E-state index contributed by atoms with van der Waals surface area (Å²) in [5.74, 6) is 0.504. The van der Waals surface area contributed by atoms with Crippen molar-refractivity contribution in [1.29, 1.82) is 0 Å². The fraction of sp³-hybridized carbons (Fsp3) is 0.348. The number of rotatable bonds is 10. The van der Waals surface area contributed by atoms with Gasteiger partial charge >= 0.3 is 0 Å². The molecule has 164 valence electrons. The van der Waals surface area contributed by atoms with Gasteiger partial charge in [0, 0.05) is 13.2 Å². The third-order valence-corrected chi connectivity index (χ3v) is 5.49. The second-order valence-corrected chi connectivity index (χ2v) is 8.12. The minimum atomic E-state index is -0.202. The number of nitrogens with zero attached hydrogens (tertiary/aromatic N) is 2. The van der Waals surface area contributed by atoms with Crippen LogP contribution in [0.5, 0.6) is 5.75 Å². The SMILES string of the molecule is COc1ccccc1NC(=O)CSc1nc2ccccc2c(=O)n1CCCOC(C)C. The van der Waals surface area contributed by atoms with Crippen LogP contribution in [0, 0.1) is 0 Å². The maximum Gasteiger partial charge on any atom is 0.262 e. The Morgan fingerprint density at radius 1 is 1.16 bits per heavy atom. The Labute approximate surface area is 185 Å². The number of ether oxygens (including phenoxy) is 2. The molecule has 1 N–H and O–H groups in total. The quantitative estimate of drug-likeness (QED) is 0.291. The Balaban J connectivity index is 1.77. The van der Waals surface area contributed by atoms with E-state index in [-0.39, 0.29) is 23.3 Å². The number of benzene rings is 2. The maximum atomic E-state index is 13.0. The van der Waals surface area contributed by atoms with Crippen LogP contribution in [-0.4, -0.2) is 41.0 Å². The fourth-order valence-corrected chi connectivity index (χ4v) is 3.89. The van der Waals surface area contributed by atoms with Crippen molar-refractivity contribution >= 4 is 34.3 Å². The van der Waals surface area contributed by atoms with Gasteiger partial charge in [0.1, 0.15) is 5.75 Å². The first-order valence-electron chi connectivity index (χ1n) is 10.2. The Morgan fingerprint density at radius 2 is 1.90 bits per heavy atom. The van der Waals surface area contributed by atoms with Gasteiger partial charge in [-0.05, 0) is 44.5 Å². The number of nitrogens with one attached hydrogen (secondary N) is 1. The van der Waals surface area contributed by atoms with E-state index in [1.165, 1.54) is 11.8 Å². The van der Waals surface area contributed by atoms with E-state index < -0.39 is 0 Å². The van der Waals surface area contributed by atoms with Gasteiger partial charge in [-0.25, -0.2) is 4.98 Å². The van der Waals surface area contributed by atoms with Crippen molar-refractivity contribution in [3.8, 4) is 5.75 Å². The summed E-state index contributed by atoms with van der Waals surface area (Å²) in [6.07, 6.45) is 0.818. The summed E-state index contributed by atoms with van der Waals surface area (Å²) in [4.78, 5) is 30.2. The van der Waals surface area contributed by atoms with Crippen molar-refractivity contribution in [1.82, 2.24) is 9.55 Å². The van der Waals surface area contributed by atoms with Crippen LogP contribution in [0.25, 0.3) is 10.9 Å². The molecule has 0 aliphatic heterocycles. The van der Waals surface area contributed by atoms with Gasteiger partial charge in [-0.2, -0.15) is 0 Å². The van der Waals surface area contributed by atoms with Crippen LogP contribution in [0.3, 0.4) is 0 Å². The molecule has 0 saturated heterocycles. The predicted molar refractivity (Wildman–Crippen MR) is 124 cm³/mol. The third-order valence-electron chi connectivity index (χ3n) is 4.52. The number of carbonyl (C=O) groups is 1. The van der Waals surface area contributed by atoms with Crippen molar-refractivity contribution < 1.29 is 14.3 Å². The molecule has 0 saturated carbocycles. The Kier molecular flexibility index (Phi) is 8.08.